The molecule has 0 aromatic rings. The van der Waals surface area contributed by atoms with E-state index in [9.17, 15) is 4.79 Å². The van der Waals surface area contributed by atoms with Crippen LogP contribution in [0.3, 0.4) is 0 Å². The molecule has 1 amide bonds. The Balaban J connectivity index is 1.74. The van der Waals surface area contributed by atoms with Crippen LogP contribution in [0.2, 0.25) is 0 Å². The van der Waals surface area contributed by atoms with Gasteiger partial charge in [0.2, 0.25) is 5.91 Å². The van der Waals surface area contributed by atoms with Crippen molar-refractivity contribution in [1.82, 2.24) is 5.32 Å². The summed E-state index contributed by atoms with van der Waals surface area (Å²) in [5, 5.41) is 3.04. The van der Waals surface area contributed by atoms with Gasteiger partial charge in [0.1, 0.15) is 6.10 Å². The van der Waals surface area contributed by atoms with E-state index in [1.165, 1.54) is 0 Å². The second kappa shape index (κ2) is 5.80. The number of nitrogens with two attached hydrogens (primary N) is 1. The Hall–Kier alpha value is -0.650. The number of carbonyl (C=O) groups excluding carboxylic acids is 1. The largest absolute Gasteiger partial charge is 0.381 e. The van der Waals surface area contributed by atoms with Gasteiger partial charge in [0.05, 0.1) is 12.2 Å². The van der Waals surface area contributed by atoms with Crippen molar-refractivity contribution in [2.75, 3.05) is 13.7 Å². The van der Waals surface area contributed by atoms with Crippen LogP contribution in [0.1, 0.15) is 32.1 Å². The maximum absolute atomic E-state index is 11.9. The fourth-order valence-corrected chi connectivity index (χ4v) is 2.65. The summed E-state index contributed by atoms with van der Waals surface area (Å²) < 4.78 is 10.9. The van der Waals surface area contributed by atoms with Crippen LogP contribution in [-0.2, 0) is 14.3 Å². The van der Waals surface area contributed by atoms with Gasteiger partial charge in [-0.1, -0.05) is 0 Å². The lowest BCUT2D eigenvalue weighted by molar-refractivity contribution is -0.132. The SMILES string of the molecule is COC1CCC(NC(=O)C2CCC(CN)O2)C1. The highest BCUT2D eigenvalue weighted by molar-refractivity contribution is 5.81. The quantitative estimate of drug-likeness (QED) is 0.737. The van der Waals surface area contributed by atoms with E-state index in [1.807, 2.05) is 0 Å². The molecule has 2 rings (SSSR count). The molecule has 3 N–H and O–H groups in total. The monoisotopic (exact) mass is 242 g/mol. The first kappa shape index (κ1) is 12.8. The summed E-state index contributed by atoms with van der Waals surface area (Å²) in [6.07, 6.45) is 4.66. The zero-order valence-electron chi connectivity index (χ0n) is 10.4. The Morgan fingerprint density at radius 1 is 1.41 bits per heavy atom. The number of nitrogens with one attached hydrogen (secondary N) is 1. The van der Waals surface area contributed by atoms with E-state index in [2.05, 4.69) is 5.32 Å². The van der Waals surface area contributed by atoms with E-state index in [4.69, 9.17) is 15.2 Å². The molecule has 4 unspecified atom stereocenters. The van der Waals surface area contributed by atoms with Crippen LogP contribution in [0.4, 0.5) is 0 Å². The van der Waals surface area contributed by atoms with Gasteiger partial charge >= 0.3 is 0 Å². The van der Waals surface area contributed by atoms with Crippen LogP contribution in [0, 0.1) is 0 Å². The molecule has 2 fully saturated rings. The van der Waals surface area contributed by atoms with Crippen LogP contribution >= 0.6 is 0 Å². The maximum atomic E-state index is 11.9. The van der Waals surface area contributed by atoms with E-state index in [1.54, 1.807) is 7.11 Å². The standard InChI is InChI=1S/C12H22N2O3/c1-16-9-3-2-8(6-9)14-12(15)11-5-4-10(7-13)17-11/h8-11H,2-7,13H2,1H3,(H,14,15). The van der Waals surface area contributed by atoms with E-state index in [0.717, 1.165) is 32.1 Å². The molecule has 5 nitrogen and oxygen atoms in total. The highest BCUT2D eigenvalue weighted by atomic mass is 16.5. The third kappa shape index (κ3) is 3.18. The molecule has 1 heterocycles. The first-order valence-corrected chi connectivity index (χ1v) is 6.41. The van der Waals surface area contributed by atoms with Gasteiger partial charge in [0.15, 0.2) is 0 Å². The fourth-order valence-electron chi connectivity index (χ4n) is 2.65. The average Bonchev–Trinajstić information content (AvgIpc) is 2.96. The molecule has 1 saturated heterocycles. The van der Waals surface area contributed by atoms with Crippen LogP contribution < -0.4 is 11.1 Å². The Morgan fingerprint density at radius 3 is 2.82 bits per heavy atom. The predicted octanol–water partition coefficient (Wildman–Crippen LogP) is 0.176. The summed E-state index contributed by atoms with van der Waals surface area (Å²) in [7, 11) is 1.72. The smallest absolute Gasteiger partial charge is 0.249 e. The molecule has 17 heavy (non-hydrogen) atoms. The lowest BCUT2D eigenvalue weighted by atomic mass is 10.1. The molecule has 5 heteroatoms. The van der Waals surface area contributed by atoms with E-state index >= 15 is 0 Å². The van der Waals surface area contributed by atoms with Gasteiger partial charge in [-0.05, 0) is 32.1 Å². The molecule has 1 aliphatic carbocycles. The lowest BCUT2D eigenvalue weighted by Crippen LogP contribution is -2.41. The molecule has 0 bridgehead atoms. The number of carbonyl (C=O) groups is 1. The number of amides is 1. The van der Waals surface area contributed by atoms with Crippen molar-refractivity contribution in [3.63, 3.8) is 0 Å². The Bertz CT molecular complexity index is 272. The van der Waals surface area contributed by atoms with Gasteiger partial charge in [0, 0.05) is 19.7 Å². The first-order chi connectivity index (χ1) is 8.22. The van der Waals surface area contributed by atoms with Gasteiger partial charge in [-0.25, -0.2) is 0 Å². The number of hydrogen-bond acceptors (Lipinski definition) is 4. The molecule has 0 radical (unpaired) electrons. The summed E-state index contributed by atoms with van der Waals surface area (Å²) in [5.74, 6) is 0.0164. The second-order valence-electron chi connectivity index (χ2n) is 4.94. The van der Waals surface area contributed by atoms with E-state index in [-0.39, 0.29) is 24.2 Å². The third-order valence-electron chi connectivity index (χ3n) is 3.73. The highest BCUT2D eigenvalue weighted by Crippen LogP contribution is 2.23. The Morgan fingerprint density at radius 2 is 2.24 bits per heavy atom. The molecule has 1 saturated carbocycles. The van der Waals surface area contributed by atoms with E-state index in [0.29, 0.717) is 12.6 Å². The van der Waals surface area contributed by atoms with Crippen LogP contribution in [-0.4, -0.2) is 43.9 Å². The summed E-state index contributed by atoms with van der Waals surface area (Å²) in [6, 6.07) is 0.243. The third-order valence-corrected chi connectivity index (χ3v) is 3.73. The molecule has 4 atom stereocenters. The van der Waals surface area contributed by atoms with Gasteiger partial charge in [-0.3, -0.25) is 4.79 Å². The normalized spacial score (nSPS) is 37.3. The van der Waals surface area contributed by atoms with Crippen LogP contribution in [0.25, 0.3) is 0 Å². The van der Waals surface area contributed by atoms with Crippen molar-refractivity contribution >= 4 is 5.91 Å². The lowest BCUT2D eigenvalue weighted by Gasteiger charge is -2.17. The van der Waals surface area contributed by atoms with E-state index < -0.39 is 0 Å². The predicted molar refractivity (Wildman–Crippen MR) is 63.5 cm³/mol. The molecule has 0 spiro atoms. The van der Waals surface area contributed by atoms with Crippen molar-refractivity contribution in [3.8, 4) is 0 Å². The zero-order valence-corrected chi connectivity index (χ0v) is 10.4. The van der Waals surface area contributed by atoms with Gasteiger partial charge in [-0.15, -0.1) is 0 Å². The van der Waals surface area contributed by atoms with Gasteiger partial charge in [-0.2, -0.15) is 0 Å². The topological polar surface area (TPSA) is 73.6 Å². The summed E-state index contributed by atoms with van der Waals surface area (Å²) in [5.41, 5.74) is 5.52. The maximum Gasteiger partial charge on any atom is 0.249 e. The van der Waals surface area contributed by atoms with Crippen molar-refractivity contribution in [1.29, 1.82) is 0 Å². The number of ether oxygens (including phenoxy) is 2. The highest BCUT2D eigenvalue weighted by Gasteiger charge is 2.32. The summed E-state index contributed by atoms with van der Waals surface area (Å²) in [6.45, 7) is 0.499. The number of methoxy groups -OCH3 is 1. The summed E-state index contributed by atoms with van der Waals surface area (Å²) >= 11 is 0. The summed E-state index contributed by atoms with van der Waals surface area (Å²) in [4.78, 5) is 11.9. The van der Waals surface area contributed by atoms with Crippen LogP contribution in [0.5, 0.6) is 0 Å². The minimum absolute atomic E-state index is 0.0164. The molecule has 0 aromatic heterocycles. The van der Waals surface area contributed by atoms with Crippen molar-refractivity contribution in [2.45, 2.75) is 56.5 Å². The van der Waals surface area contributed by atoms with Crippen molar-refractivity contribution < 1.29 is 14.3 Å². The van der Waals surface area contributed by atoms with Gasteiger partial charge in [0.25, 0.3) is 0 Å². The van der Waals surface area contributed by atoms with Gasteiger partial charge < -0.3 is 20.5 Å². The molecular formula is C12H22N2O3. The minimum Gasteiger partial charge on any atom is -0.381 e. The first-order valence-electron chi connectivity index (χ1n) is 6.41. The second-order valence-corrected chi connectivity index (χ2v) is 4.94. The van der Waals surface area contributed by atoms with Crippen molar-refractivity contribution in [2.24, 2.45) is 5.73 Å². The Labute approximate surface area is 102 Å². The average molecular weight is 242 g/mol. The molecule has 98 valence electrons. The minimum atomic E-state index is -0.301. The zero-order chi connectivity index (χ0) is 12.3. The molecule has 1 aliphatic heterocycles. The Kier molecular flexibility index (Phi) is 4.36. The number of hydrogen-bond donors (Lipinski definition) is 2. The van der Waals surface area contributed by atoms with Crippen LogP contribution in [0.15, 0.2) is 0 Å². The molecule has 2 aliphatic rings. The fraction of sp³-hybridized carbons (Fsp3) is 0.917. The number of rotatable bonds is 4. The van der Waals surface area contributed by atoms with Crippen molar-refractivity contribution in [3.05, 3.63) is 0 Å². The molecule has 0 aromatic carbocycles. The molecular weight excluding hydrogens is 220 g/mol.